The molecule has 0 radical (unpaired) electrons. The molecule has 0 amide bonds. The summed E-state index contributed by atoms with van der Waals surface area (Å²) in [6.45, 7) is 0.400. The van der Waals surface area contributed by atoms with Gasteiger partial charge in [0.15, 0.2) is 5.16 Å². The fraction of sp³-hybridized carbons (Fsp3) is 0.286. The van der Waals surface area contributed by atoms with Crippen molar-refractivity contribution in [3.63, 3.8) is 0 Å². The van der Waals surface area contributed by atoms with E-state index in [1.54, 1.807) is 35.3 Å². The molecule has 0 spiro atoms. The van der Waals surface area contributed by atoms with Crippen LogP contribution in [0.2, 0.25) is 0 Å². The monoisotopic (exact) mass is 444 g/mol. The molecule has 2 aromatic heterocycles. The Hall–Kier alpha value is -3.27. The third kappa shape index (κ3) is 6.61. The molecule has 8 nitrogen and oxygen atoms in total. The number of rotatable bonds is 10. The maximum absolute atomic E-state index is 13.1. The first kappa shape index (κ1) is 22.4. The molecule has 3 rings (SSSR count). The van der Waals surface area contributed by atoms with E-state index in [9.17, 15) is 14.0 Å². The molecule has 0 bridgehead atoms. The number of carboxylic acids is 1. The minimum absolute atomic E-state index is 0.00977. The van der Waals surface area contributed by atoms with E-state index in [2.05, 4.69) is 15.0 Å². The lowest BCUT2D eigenvalue weighted by Gasteiger charge is -2.13. The van der Waals surface area contributed by atoms with Crippen molar-refractivity contribution >= 4 is 17.7 Å². The molecule has 0 saturated carbocycles. The summed E-state index contributed by atoms with van der Waals surface area (Å²) in [6, 6.07) is 6.34. The van der Waals surface area contributed by atoms with Gasteiger partial charge >= 0.3 is 12.0 Å². The number of methoxy groups -OCH3 is 1. The number of ether oxygens (including phenoxy) is 1. The predicted molar refractivity (Wildman–Crippen MR) is 113 cm³/mol. The van der Waals surface area contributed by atoms with E-state index in [1.165, 1.54) is 31.0 Å². The summed E-state index contributed by atoms with van der Waals surface area (Å²) in [4.78, 5) is 35.8. The number of aromatic nitrogens is 4. The van der Waals surface area contributed by atoms with Crippen LogP contribution in [0.15, 0.2) is 52.8 Å². The van der Waals surface area contributed by atoms with Gasteiger partial charge in [0.25, 0.3) is 5.56 Å². The van der Waals surface area contributed by atoms with Crippen LogP contribution >= 0.6 is 11.8 Å². The Morgan fingerprint density at radius 3 is 2.55 bits per heavy atom. The number of carboxylic acid groups (broad SMARTS) is 1. The molecule has 0 aliphatic rings. The Kier molecular flexibility index (Phi) is 7.71. The molecule has 0 aliphatic heterocycles. The van der Waals surface area contributed by atoms with E-state index in [4.69, 9.17) is 9.84 Å². The molecule has 0 saturated heterocycles. The van der Waals surface area contributed by atoms with Crippen LogP contribution in [0.1, 0.15) is 29.5 Å². The summed E-state index contributed by atoms with van der Waals surface area (Å²) in [6.07, 6.45) is 5.56. The summed E-state index contributed by atoms with van der Waals surface area (Å²) in [5.41, 5.74) is 1.70. The Morgan fingerprint density at radius 1 is 1.19 bits per heavy atom. The normalized spacial score (nSPS) is 10.8. The van der Waals surface area contributed by atoms with Crippen molar-refractivity contribution in [2.75, 3.05) is 7.11 Å². The maximum Gasteiger partial charge on any atom is 0.316 e. The highest BCUT2D eigenvalue weighted by Crippen LogP contribution is 2.21. The summed E-state index contributed by atoms with van der Waals surface area (Å²) < 4.78 is 19.8. The van der Waals surface area contributed by atoms with E-state index in [0.29, 0.717) is 29.4 Å². The number of thioether (sulfide) groups is 1. The average molecular weight is 444 g/mol. The minimum atomic E-state index is -0.884. The number of halogens is 1. The fourth-order valence-electron chi connectivity index (χ4n) is 2.81. The quantitative estimate of drug-likeness (QED) is 0.376. The second-order valence-electron chi connectivity index (χ2n) is 6.71. The Bertz CT molecular complexity index is 1090. The van der Waals surface area contributed by atoms with E-state index in [-0.39, 0.29) is 30.2 Å². The van der Waals surface area contributed by atoms with Crippen LogP contribution in [0, 0.1) is 5.82 Å². The third-order valence-corrected chi connectivity index (χ3v) is 5.42. The standard InChI is InChI=1S/C21H21FN4O4S/c1-30-20-23-10-15(11-24-20)9-16-12-26(8-2-3-18(27)28)21(25-19(16)29)31-13-14-4-6-17(22)7-5-14/h4-7,10-12H,2-3,8-9,13H2,1H3,(H,27,28). The highest BCUT2D eigenvalue weighted by atomic mass is 32.2. The highest BCUT2D eigenvalue weighted by Gasteiger charge is 2.12. The van der Waals surface area contributed by atoms with Crippen molar-refractivity contribution in [1.82, 2.24) is 19.5 Å². The summed E-state index contributed by atoms with van der Waals surface area (Å²) in [5, 5.41) is 9.42. The number of aliphatic carboxylic acids is 1. The van der Waals surface area contributed by atoms with E-state index < -0.39 is 5.97 Å². The van der Waals surface area contributed by atoms with Gasteiger partial charge in [-0.25, -0.2) is 14.4 Å². The smallest absolute Gasteiger partial charge is 0.316 e. The average Bonchev–Trinajstić information content (AvgIpc) is 2.76. The fourth-order valence-corrected chi connectivity index (χ4v) is 3.75. The number of carbonyl (C=O) groups is 1. The van der Waals surface area contributed by atoms with E-state index in [0.717, 1.165) is 11.1 Å². The number of aryl methyl sites for hydroxylation is 1. The van der Waals surface area contributed by atoms with Gasteiger partial charge in [0.1, 0.15) is 5.82 Å². The molecule has 2 heterocycles. The first-order valence-electron chi connectivity index (χ1n) is 9.49. The summed E-state index contributed by atoms with van der Waals surface area (Å²) in [5.74, 6) is -0.702. The molecule has 0 unspecified atom stereocenters. The van der Waals surface area contributed by atoms with Gasteiger partial charge in [0.05, 0.1) is 7.11 Å². The van der Waals surface area contributed by atoms with Crippen LogP contribution in [0.5, 0.6) is 6.01 Å². The van der Waals surface area contributed by atoms with E-state index >= 15 is 0 Å². The van der Waals surface area contributed by atoms with Crippen molar-refractivity contribution in [3.8, 4) is 6.01 Å². The van der Waals surface area contributed by atoms with Gasteiger partial charge in [0, 0.05) is 49.3 Å². The molecule has 162 valence electrons. The zero-order valence-electron chi connectivity index (χ0n) is 16.8. The van der Waals surface area contributed by atoms with Crippen molar-refractivity contribution in [3.05, 3.63) is 75.7 Å². The van der Waals surface area contributed by atoms with Gasteiger partial charge in [-0.3, -0.25) is 9.59 Å². The molecule has 0 aliphatic carbocycles. The van der Waals surface area contributed by atoms with Gasteiger partial charge in [0.2, 0.25) is 0 Å². The predicted octanol–water partition coefficient (Wildman–Crippen LogP) is 2.93. The van der Waals surface area contributed by atoms with Gasteiger partial charge in [-0.2, -0.15) is 4.98 Å². The zero-order chi connectivity index (χ0) is 22.2. The van der Waals surface area contributed by atoms with Gasteiger partial charge < -0.3 is 14.4 Å². The summed E-state index contributed by atoms with van der Waals surface area (Å²) in [7, 11) is 1.47. The largest absolute Gasteiger partial charge is 0.481 e. The van der Waals surface area contributed by atoms with Crippen LogP contribution in [-0.4, -0.2) is 37.7 Å². The number of benzene rings is 1. The van der Waals surface area contributed by atoms with Crippen molar-refractivity contribution in [2.24, 2.45) is 0 Å². The van der Waals surface area contributed by atoms with Gasteiger partial charge in [-0.1, -0.05) is 23.9 Å². The van der Waals surface area contributed by atoms with Crippen molar-refractivity contribution < 1.29 is 19.0 Å². The zero-order valence-corrected chi connectivity index (χ0v) is 17.6. The SMILES string of the molecule is COc1ncc(Cc2cn(CCCC(=O)O)c(SCc3ccc(F)cc3)nc2=O)cn1. The second-order valence-corrected chi connectivity index (χ2v) is 7.66. The molecule has 10 heteroatoms. The maximum atomic E-state index is 13.1. The molecule has 1 N–H and O–H groups in total. The Balaban J connectivity index is 1.82. The molecule has 0 atom stereocenters. The lowest BCUT2D eigenvalue weighted by atomic mass is 10.1. The molecule has 1 aromatic carbocycles. The van der Waals surface area contributed by atoms with Crippen LogP contribution in [0.25, 0.3) is 0 Å². The van der Waals surface area contributed by atoms with Crippen molar-refractivity contribution in [1.29, 1.82) is 0 Å². The lowest BCUT2D eigenvalue weighted by molar-refractivity contribution is -0.137. The number of nitrogens with zero attached hydrogens (tertiary/aromatic N) is 4. The highest BCUT2D eigenvalue weighted by molar-refractivity contribution is 7.98. The van der Waals surface area contributed by atoms with Crippen molar-refractivity contribution in [2.45, 2.75) is 36.7 Å². The molecular formula is C21H21FN4O4S. The van der Waals surface area contributed by atoms with E-state index in [1.807, 2.05) is 0 Å². The Labute approximate surface area is 182 Å². The summed E-state index contributed by atoms with van der Waals surface area (Å²) >= 11 is 1.34. The van der Waals surface area contributed by atoms with Gasteiger partial charge in [-0.05, 0) is 29.7 Å². The topological polar surface area (TPSA) is 107 Å². The first-order valence-corrected chi connectivity index (χ1v) is 10.5. The Morgan fingerprint density at radius 2 is 1.90 bits per heavy atom. The van der Waals surface area contributed by atoms with Crippen LogP contribution in [-0.2, 0) is 23.5 Å². The first-order chi connectivity index (χ1) is 14.9. The second kappa shape index (κ2) is 10.7. The van der Waals surface area contributed by atoms with Crippen LogP contribution in [0.3, 0.4) is 0 Å². The lowest BCUT2D eigenvalue weighted by Crippen LogP contribution is -2.20. The minimum Gasteiger partial charge on any atom is -0.481 e. The van der Waals surface area contributed by atoms with Crippen LogP contribution in [0.4, 0.5) is 4.39 Å². The number of hydrogen-bond donors (Lipinski definition) is 1. The molecule has 31 heavy (non-hydrogen) atoms. The molecule has 3 aromatic rings. The molecular weight excluding hydrogens is 423 g/mol. The third-order valence-electron chi connectivity index (χ3n) is 4.36. The van der Waals surface area contributed by atoms with Gasteiger partial charge in [-0.15, -0.1) is 0 Å². The van der Waals surface area contributed by atoms with Crippen LogP contribution < -0.4 is 10.3 Å². The molecule has 0 fully saturated rings. The number of hydrogen-bond acceptors (Lipinski definition) is 7.